The van der Waals surface area contributed by atoms with Crippen LogP contribution in [0, 0.1) is 11.3 Å². The molecule has 2 bridgehead atoms. The Morgan fingerprint density at radius 2 is 1.42 bits per heavy atom. The molecule has 1 spiro atoms. The molecule has 3 aromatic carbocycles. The summed E-state index contributed by atoms with van der Waals surface area (Å²) in [6.07, 6.45) is 3.57. The molecule has 2 saturated heterocycles. The predicted molar refractivity (Wildman–Crippen MR) is 494 cm³/mol. The van der Waals surface area contributed by atoms with E-state index in [9.17, 15) is 93.3 Å². The van der Waals surface area contributed by atoms with Crippen LogP contribution in [0.25, 0.3) is 22.1 Å². The Labute approximate surface area is 782 Å². The van der Waals surface area contributed by atoms with E-state index in [1.54, 1.807) is 50.1 Å². The van der Waals surface area contributed by atoms with E-state index < -0.39 is 172 Å². The Hall–Kier alpha value is -13.0. The van der Waals surface area contributed by atoms with E-state index in [1.165, 1.54) is 20.4 Å². The number of nitrogens with one attached hydrogen (secondary N) is 11. The van der Waals surface area contributed by atoms with Gasteiger partial charge in [0.25, 0.3) is 17.4 Å². The molecule has 5 aliphatic heterocycles. The summed E-state index contributed by atoms with van der Waals surface area (Å²) in [5.74, 6) is -12.4. The number of piperidine rings is 1. The van der Waals surface area contributed by atoms with E-state index in [4.69, 9.17) is 31.4 Å². The van der Waals surface area contributed by atoms with Crippen molar-refractivity contribution < 1.29 is 112 Å². The SMILES string of the molecule is CC[C@]1(O)C[C@H]2CN(CCc3c([nH]c4ccccc34)[C@@](C(=O)OC)(c3cc4c(cc3OC)N(C)[C@H]3[C@@](O)(C(=O)NNC(=O)OCCSSC[C@@H](NC(=O)C(CC(=O)O)NC(=O)[C@@H](CC(=O)O)NC(C)=O)C(=O)O)[C@H](O)[C@]5(CC)C=CCN6CC[C@]43[C@@H]65)C2)C1.C[C@@H](CCC(=O)N[C@H](CC(=O)O)C(=O)N[C@@H](C)CCCN=C(N)N)NC(=O)c1ccc(NCc2cnc3nc(N)[nH]c(=O)c3n2)cc1. The summed E-state index contributed by atoms with van der Waals surface area (Å²) in [5, 5.41) is 94.7. The van der Waals surface area contributed by atoms with Gasteiger partial charge in [-0.1, -0.05) is 65.8 Å². The van der Waals surface area contributed by atoms with Crippen LogP contribution in [-0.2, 0) is 86.0 Å². The number of nitrogens with zero attached hydrogens (tertiary/aromatic N) is 7. The number of ether oxygens (including phenoxy) is 3. The number of aromatic nitrogens is 5. The number of nitrogen functional groups attached to an aromatic ring is 1. The van der Waals surface area contributed by atoms with Gasteiger partial charge in [-0.15, -0.1) is 0 Å². The van der Waals surface area contributed by atoms with Gasteiger partial charge in [0.2, 0.25) is 35.5 Å². The zero-order valence-electron chi connectivity index (χ0n) is 75.8. The number of methoxy groups -OCH3 is 2. The number of H-pyrrole nitrogens is 2. The normalized spacial score (nSPS) is 23.6. The monoisotopic (exact) mass is 1920 g/mol. The van der Waals surface area contributed by atoms with Gasteiger partial charge in [0.15, 0.2) is 22.7 Å². The quantitative estimate of drug-likeness (QED) is 0.00467. The first-order valence-electron chi connectivity index (χ1n) is 44.1. The molecule has 45 nitrogen and oxygen atoms in total. The lowest BCUT2D eigenvalue weighted by Gasteiger charge is -2.63. The molecule has 47 heteroatoms. The first kappa shape index (κ1) is 103. The van der Waals surface area contributed by atoms with E-state index >= 15 is 9.59 Å². The van der Waals surface area contributed by atoms with Gasteiger partial charge in [0.05, 0.1) is 63.6 Å². The molecule has 1 aliphatic carbocycles. The minimum Gasteiger partial charge on any atom is -0.496 e. The third kappa shape index (κ3) is 23.0. The van der Waals surface area contributed by atoms with E-state index in [2.05, 4.69) is 87.8 Å². The number of carboxylic acid groups (broad SMARTS) is 4. The largest absolute Gasteiger partial charge is 0.496 e. The molecule has 8 amide bonds. The Kier molecular flexibility index (Phi) is 33.4. The number of carbonyl (C=O) groups is 13. The van der Waals surface area contributed by atoms with Gasteiger partial charge < -0.3 is 114 Å². The number of hydrogen-bond acceptors (Lipinski definition) is 31. The van der Waals surface area contributed by atoms with Crippen molar-refractivity contribution in [2.75, 3.05) is 94.6 Å². The average molecular weight is 1920 g/mol. The second kappa shape index (κ2) is 44.0. The van der Waals surface area contributed by atoms with Crippen molar-refractivity contribution in [2.45, 2.75) is 201 Å². The second-order valence-electron chi connectivity index (χ2n) is 34.8. The van der Waals surface area contributed by atoms with Crippen molar-refractivity contribution in [1.29, 1.82) is 0 Å². The number of likely N-dealkylation sites (N-methyl/N-ethyl adjacent to an activating group) is 1. The molecule has 135 heavy (non-hydrogen) atoms. The van der Waals surface area contributed by atoms with Gasteiger partial charge in [0, 0.05) is 139 Å². The standard InChI is InChI=1S/C59H77N9O18S2.C29H40N12O6/c1-7-55(82)26-32-27-58(53(80)85-6,45-34(14-18-67(28-32)30-55)33-12-9-10-13-37(33)61-45)36-22-35-41(25-42(36)84-5)66(4)50-57(35)16-19-68-17-11-15-56(8-2,49(57)68)51(78)59(50,83)52(79)64-65-54(81)86-20-21-87-88-29-40(48(76)77)63-47(75)39(24-44(72)73)62-46(74)38(23-43(70)71)60-31(3)69;1-15(4-3-11-33-28(30)31)37-26(46)20(12-22(43)44)39-21(42)10-5-16(2)36-25(45)17-6-8-18(9-7-17)34-13-19-14-35-24-23(38-19)27(47)41-29(32)40-24/h9-13,15,22,25,32,38-40,49-51,61,78,82-83H,7-8,14,16-21,23-24,26-30H2,1-6H3,(H,60,69)(H,62,74)(H,63,75)(H,64,79)(H,65,81)(H,70,71)(H,72,73)(H,76,77);6-9,14-16,20,34H,3-5,10-13H2,1-2H3,(H,36,45)(H,37,46)(H,39,42)(H,43,44)(H4,30,31,33)(H3,32,35,40,41,47)/t32-,38-,39?,40-,49+,50-,51-,55+,56-,57-,58+,59+;15-,16-,20+/m10/s1. The summed E-state index contributed by atoms with van der Waals surface area (Å²) >= 11 is 0. The van der Waals surface area contributed by atoms with Crippen LogP contribution in [0.15, 0.2) is 88.8 Å². The van der Waals surface area contributed by atoms with E-state index in [-0.39, 0.29) is 91.3 Å². The molecule has 12 rings (SSSR count). The van der Waals surface area contributed by atoms with Crippen LogP contribution in [0.4, 0.5) is 22.1 Å². The van der Waals surface area contributed by atoms with Crippen LogP contribution < -0.4 is 80.5 Å². The zero-order chi connectivity index (χ0) is 98.3. The number of hydrogen-bond donors (Lipinski definition) is 21. The summed E-state index contributed by atoms with van der Waals surface area (Å²) in [5.41, 5.74) is 18.5. The Bertz CT molecular complexity index is 5570. The maximum atomic E-state index is 15.5. The molecule has 3 aromatic heterocycles. The number of aliphatic imine (C=N–C) groups is 1. The molecule has 730 valence electrons. The number of rotatable bonds is 39. The van der Waals surface area contributed by atoms with Crippen LogP contribution in [-0.4, -0.2) is 298 Å². The number of fused-ring (bicyclic) bond motifs is 7. The number of aliphatic hydroxyl groups excluding tert-OH is 1. The molecule has 6 aliphatic rings. The minimum atomic E-state index is -2.67. The van der Waals surface area contributed by atoms with Crippen molar-refractivity contribution in [2.24, 2.45) is 27.8 Å². The first-order chi connectivity index (χ1) is 64.1. The van der Waals surface area contributed by atoms with Crippen LogP contribution in [0.2, 0.25) is 0 Å². The molecule has 1 saturated carbocycles. The van der Waals surface area contributed by atoms with E-state index in [0.717, 1.165) is 45.0 Å². The summed E-state index contributed by atoms with van der Waals surface area (Å²) in [7, 11) is 6.56. The smallest absolute Gasteiger partial charge is 0.426 e. The number of carboxylic acids is 4. The highest BCUT2D eigenvalue weighted by molar-refractivity contribution is 8.76. The molecule has 2 unspecified atom stereocenters. The van der Waals surface area contributed by atoms with E-state index in [0.29, 0.717) is 123 Å². The fourth-order valence-electron chi connectivity index (χ4n) is 19.7. The maximum Gasteiger partial charge on any atom is 0.426 e. The molecule has 0 radical (unpaired) electrons. The lowest BCUT2D eigenvalue weighted by atomic mass is 9.47. The molecule has 3 fully saturated rings. The number of aliphatic hydroxyl groups is 3. The average Bonchev–Trinajstić information content (AvgIpc) is 1.48. The van der Waals surface area contributed by atoms with Gasteiger partial charge >= 0.3 is 35.9 Å². The number of esters is 1. The number of carbonyl (C=O) groups excluding carboxylic acids is 9. The van der Waals surface area contributed by atoms with Crippen LogP contribution in [0.1, 0.15) is 150 Å². The molecule has 8 heterocycles. The maximum absolute atomic E-state index is 15.5. The highest BCUT2D eigenvalue weighted by atomic mass is 33.1. The number of anilines is 3. The van der Waals surface area contributed by atoms with Gasteiger partial charge in [0.1, 0.15) is 48.0 Å². The number of para-hydroxylation sites is 1. The van der Waals surface area contributed by atoms with Gasteiger partial charge in [-0.3, -0.25) is 82.7 Å². The first-order valence-corrected chi connectivity index (χ1v) is 46.5. The number of benzene rings is 3. The molecular formula is C88H117N21O24S2. The highest BCUT2D eigenvalue weighted by Crippen LogP contribution is 2.68. The summed E-state index contributed by atoms with van der Waals surface area (Å²) in [4.78, 5) is 207. The number of hydrazine groups is 1. The van der Waals surface area contributed by atoms with Crippen molar-refractivity contribution in [3.63, 3.8) is 0 Å². The fourth-order valence-corrected chi connectivity index (χ4v) is 21.7. The van der Waals surface area contributed by atoms with Gasteiger partial charge in [-0.05, 0) is 132 Å². The minimum absolute atomic E-state index is 0.0282. The lowest BCUT2D eigenvalue weighted by molar-refractivity contribution is -0.204. The molecule has 6 aromatic rings. The highest BCUT2D eigenvalue weighted by Gasteiger charge is 2.79. The molecule has 16 atom stereocenters. The summed E-state index contributed by atoms with van der Waals surface area (Å²) < 4.78 is 17.7. The summed E-state index contributed by atoms with van der Waals surface area (Å²) in [6.45, 7) is 11.4. The third-order valence-electron chi connectivity index (χ3n) is 25.7. The Morgan fingerprint density at radius 1 is 0.756 bits per heavy atom. The Morgan fingerprint density at radius 3 is 2.07 bits per heavy atom. The van der Waals surface area contributed by atoms with Crippen LogP contribution >= 0.6 is 21.6 Å². The number of amides is 8. The summed E-state index contributed by atoms with van der Waals surface area (Å²) in [6, 6.07) is 9.53. The van der Waals surface area contributed by atoms with Crippen LogP contribution in [0.3, 0.4) is 0 Å². The molecular weight excluding hydrogens is 1800 g/mol. The van der Waals surface area contributed by atoms with Gasteiger partial charge in [-0.25, -0.2) is 25.0 Å². The third-order valence-corrected chi connectivity index (χ3v) is 28.1. The molecule has 24 N–H and O–H groups in total. The topological polar surface area (TPSA) is 687 Å². The lowest BCUT2D eigenvalue weighted by Crippen LogP contribution is -2.82. The van der Waals surface area contributed by atoms with E-state index in [1.807, 2.05) is 62.4 Å². The number of aromatic amines is 2. The van der Waals surface area contributed by atoms with Crippen molar-refractivity contribution in [1.82, 2.24) is 77.5 Å². The van der Waals surface area contributed by atoms with Gasteiger partial charge in [-0.2, -0.15) is 4.98 Å². The Balaban J connectivity index is 0.000000314. The van der Waals surface area contributed by atoms with Crippen molar-refractivity contribution in [3.05, 3.63) is 123 Å². The van der Waals surface area contributed by atoms with Crippen LogP contribution in [0.5, 0.6) is 5.75 Å². The predicted octanol–water partition coefficient (Wildman–Crippen LogP) is 0.218. The fraction of sp³-hybridized carbons (Fsp3) is 0.523. The van der Waals surface area contributed by atoms with Crippen molar-refractivity contribution >= 4 is 144 Å². The zero-order valence-corrected chi connectivity index (χ0v) is 77.4. The number of aliphatic carboxylic acids is 4. The second-order valence-corrected chi connectivity index (χ2v) is 37.4. The van der Waals surface area contributed by atoms with Crippen molar-refractivity contribution in [3.8, 4) is 5.75 Å². The number of guanidine groups is 1. The number of nitrogens with two attached hydrogens (primary N) is 3.